The fraction of sp³-hybridized carbons (Fsp3) is 0.364. The lowest BCUT2D eigenvalue weighted by Crippen LogP contribution is -2.49. The van der Waals surface area contributed by atoms with Crippen LogP contribution in [0.1, 0.15) is 37.5 Å². The third-order valence-corrected chi connectivity index (χ3v) is 5.30. The van der Waals surface area contributed by atoms with Gasteiger partial charge in [0.2, 0.25) is 11.8 Å². The summed E-state index contributed by atoms with van der Waals surface area (Å²) in [5, 5.41) is 3.81. The lowest BCUT2D eigenvalue weighted by molar-refractivity contribution is -0.140. The van der Waals surface area contributed by atoms with Crippen LogP contribution < -0.4 is 5.32 Å². The Morgan fingerprint density at radius 1 is 1.00 bits per heavy atom. The number of hydrogen-bond acceptors (Lipinski definition) is 2. The zero-order valence-electron chi connectivity index (χ0n) is 16.6. The van der Waals surface area contributed by atoms with Crippen LogP contribution in [0.3, 0.4) is 0 Å². The van der Waals surface area contributed by atoms with Crippen molar-refractivity contribution in [3.8, 4) is 0 Å². The Bertz CT molecular complexity index is 832. The Kier molecular flexibility index (Phi) is 7.90. The van der Waals surface area contributed by atoms with E-state index in [9.17, 15) is 9.59 Å². The smallest absolute Gasteiger partial charge is 0.242 e. The van der Waals surface area contributed by atoms with Crippen LogP contribution in [0.25, 0.3) is 0 Å². The highest BCUT2D eigenvalue weighted by Crippen LogP contribution is 2.27. The molecule has 1 N–H and O–H groups in total. The second-order valence-electron chi connectivity index (χ2n) is 7.16. The first-order chi connectivity index (χ1) is 13.2. The van der Waals surface area contributed by atoms with Gasteiger partial charge >= 0.3 is 0 Å². The van der Waals surface area contributed by atoms with E-state index in [1.807, 2.05) is 45.0 Å². The van der Waals surface area contributed by atoms with Crippen LogP contribution in [0, 0.1) is 6.92 Å². The van der Waals surface area contributed by atoms with E-state index in [2.05, 4.69) is 5.32 Å². The molecule has 150 valence electrons. The molecule has 28 heavy (non-hydrogen) atoms. The summed E-state index contributed by atoms with van der Waals surface area (Å²) in [6.07, 6.45) is 0.202. The van der Waals surface area contributed by atoms with Gasteiger partial charge in [0.25, 0.3) is 0 Å². The number of benzene rings is 2. The van der Waals surface area contributed by atoms with Crippen molar-refractivity contribution in [2.24, 2.45) is 0 Å². The number of carbonyl (C=O) groups is 2. The number of halogens is 2. The van der Waals surface area contributed by atoms with Gasteiger partial charge in [0, 0.05) is 28.2 Å². The molecule has 0 bridgehead atoms. The molecule has 0 radical (unpaired) electrons. The molecule has 0 spiro atoms. The Balaban J connectivity index is 2.33. The number of carbonyl (C=O) groups excluding carboxylic acids is 2. The second kappa shape index (κ2) is 9.94. The minimum absolute atomic E-state index is 0.0211. The molecule has 6 heteroatoms. The van der Waals surface area contributed by atoms with Gasteiger partial charge in [-0.3, -0.25) is 9.59 Å². The molecule has 0 heterocycles. The maximum absolute atomic E-state index is 13.2. The normalized spacial score (nSPS) is 12.0. The molecule has 1 unspecified atom stereocenters. The van der Waals surface area contributed by atoms with Crippen molar-refractivity contribution in [2.75, 3.05) is 0 Å². The monoisotopic (exact) mass is 420 g/mol. The molecular formula is C22H26Cl2N2O2. The first-order valence-corrected chi connectivity index (χ1v) is 10.0. The van der Waals surface area contributed by atoms with Gasteiger partial charge in [-0.15, -0.1) is 0 Å². The number of amides is 2. The summed E-state index contributed by atoms with van der Waals surface area (Å²) in [5.41, 5.74) is 2.60. The van der Waals surface area contributed by atoms with E-state index in [4.69, 9.17) is 23.2 Å². The van der Waals surface area contributed by atoms with E-state index in [1.54, 1.807) is 25.1 Å². The van der Waals surface area contributed by atoms with Crippen LogP contribution in [-0.2, 0) is 22.6 Å². The van der Waals surface area contributed by atoms with Gasteiger partial charge in [-0.05, 0) is 51.0 Å². The molecule has 0 aromatic heterocycles. The van der Waals surface area contributed by atoms with Gasteiger partial charge in [-0.2, -0.15) is 0 Å². The fourth-order valence-corrected chi connectivity index (χ4v) is 3.43. The standard InChI is InChI=1S/C22H26Cl2N2O2/c1-14(2)25-22(28)16(4)26(13-18-19(23)10-7-11-20(18)24)21(27)12-17-9-6-5-8-15(17)3/h5-11,14,16H,12-13H2,1-4H3,(H,25,28). The zero-order chi connectivity index (χ0) is 20.8. The summed E-state index contributed by atoms with van der Waals surface area (Å²) in [6.45, 7) is 7.62. The molecule has 2 aromatic carbocycles. The molecule has 0 aliphatic rings. The van der Waals surface area contributed by atoms with E-state index in [0.717, 1.165) is 11.1 Å². The van der Waals surface area contributed by atoms with Crippen molar-refractivity contribution in [3.63, 3.8) is 0 Å². The van der Waals surface area contributed by atoms with Crippen LogP contribution in [0.15, 0.2) is 42.5 Å². The number of hydrogen-bond donors (Lipinski definition) is 1. The number of aryl methyl sites for hydroxylation is 1. The number of nitrogens with one attached hydrogen (secondary N) is 1. The molecule has 0 fully saturated rings. The van der Waals surface area contributed by atoms with E-state index in [-0.39, 0.29) is 30.8 Å². The summed E-state index contributed by atoms with van der Waals surface area (Å²) >= 11 is 12.6. The second-order valence-corrected chi connectivity index (χ2v) is 7.98. The fourth-order valence-electron chi connectivity index (χ4n) is 2.91. The van der Waals surface area contributed by atoms with E-state index in [1.165, 1.54) is 4.90 Å². The summed E-state index contributed by atoms with van der Waals surface area (Å²) in [6, 6.07) is 12.3. The maximum atomic E-state index is 13.2. The van der Waals surface area contributed by atoms with Gasteiger partial charge in [-0.25, -0.2) is 0 Å². The highest BCUT2D eigenvalue weighted by atomic mass is 35.5. The third-order valence-electron chi connectivity index (χ3n) is 4.59. The summed E-state index contributed by atoms with van der Waals surface area (Å²) in [7, 11) is 0. The Morgan fingerprint density at radius 3 is 2.18 bits per heavy atom. The van der Waals surface area contributed by atoms with E-state index >= 15 is 0 Å². The van der Waals surface area contributed by atoms with Crippen LogP contribution in [0.5, 0.6) is 0 Å². The SMILES string of the molecule is Cc1ccccc1CC(=O)N(Cc1c(Cl)cccc1Cl)C(C)C(=O)NC(C)C. The van der Waals surface area contributed by atoms with Crippen molar-refractivity contribution in [1.29, 1.82) is 0 Å². The largest absolute Gasteiger partial charge is 0.352 e. The van der Waals surface area contributed by atoms with Gasteiger partial charge in [0.15, 0.2) is 0 Å². The van der Waals surface area contributed by atoms with Gasteiger partial charge < -0.3 is 10.2 Å². The molecular weight excluding hydrogens is 395 g/mol. The van der Waals surface area contributed by atoms with Crippen LogP contribution in [-0.4, -0.2) is 28.8 Å². The van der Waals surface area contributed by atoms with Crippen molar-refractivity contribution in [1.82, 2.24) is 10.2 Å². The highest BCUT2D eigenvalue weighted by molar-refractivity contribution is 6.36. The lowest BCUT2D eigenvalue weighted by Gasteiger charge is -2.30. The predicted molar refractivity (Wildman–Crippen MR) is 115 cm³/mol. The van der Waals surface area contributed by atoms with Crippen molar-refractivity contribution < 1.29 is 9.59 Å². The van der Waals surface area contributed by atoms with Crippen LogP contribution in [0.2, 0.25) is 10.0 Å². The van der Waals surface area contributed by atoms with Crippen molar-refractivity contribution >= 4 is 35.0 Å². The average molecular weight is 421 g/mol. The summed E-state index contributed by atoms with van der Waals surface area (Å²) in [5.74, 6) is -0.368. The zero-order valence-corrected chi connectivity index (χ0v) is 18.1. The molecule has 0 saturated heterocycles. The van der Waals surface area contributed by atoms with Gasteiger partial charge in [0.1, 0.15) is 6.04 Å². The summed E-state index contributed by atoms with van der Waals surface area (Å²) < 4.78 is 0. The summed E-state index contributed by atoms with van der Waals surface area (Å²) in [4.78, 5) is 27.3. The molecule has 4 nitrogen and oxygen atoms in total. The van der Waals surface area contributed by atoms with Gasteiger partial charge in [0.05, 0.1) is 6.42 Å². The topological polar surface area (TPSA) is 49.4 Å². The number of rotatable bonds is 7. The Morgan fingerprint density at radius 2 is 1.61 bits per heavy atom. The first-order valence-electron chi connectivity index (χ1n) is 9.28. The first kappa shape index (κ1) is 22.3. The Labute approximate surface area is 176 Å². The molecule has 2 amide bonds. The molecule has 0 saturated carbocycles. The van der Waals surface area contributed by atoms with Crippen molar-refractivity contribution in [2.45, 2.75) is 52.7 Å². The minimum atomic E-state index is -0.661. The Hall–Kier alpha value is -2.04. The van der Waals surface area contributed by atoms with Gasteiger partial charge in [-0.1, -0.05) is 53.5 Å². The highest BCUT2D eigenvalue weighted by Gasteiger charge is 2.28. The third kappa shape index (κ3) is 5.73. The number of nitrogens with zero attached hydrogens (tertiary/aromatic N) is 1. The van der Waals surface area contributed by atoms with Crippen molar-refractivity contribution in [3.05, 3.63) is 69.2 Å². The lowest BCUT2D eigenvalue weighted by atomic mass is 10.0. The average Bonchev–Trinajstić information content (AvgIpc) is 2.62. The van der Waals surface area contributed by atoms with E-state index < -0.39 is 6.04 Å². The van der Waals surface area contributed by atoms with Crippen LogP contribution >= 0.6 is 23.2 Å². The molecule has 0 aliphatic heterocycles. The van der Waals surface area contributed by atoms with E-state index in [0.29, 0.717) is 15.6 Å². The predicted octanol–water partition coefficient (Wildman–Crippen LogP) is 4.79. The molecule has 2 aromatic rings. The quantitative estimate of drug-likeness (QED) is 0.699. The molecule has 2 rings (SSSR count). The maximum Gasteiger partial charge on any atom is 0.242 e. The van der Waals surface area contributed by atoms with Crippen LogP contribution in [0.4, 0.5) is 0 Å². The molecule has 0 aliphatic carbocycles. The minimum Gasteiger partial charge on any atom is -0.352 e. The molecule has 1 atom stereocenters.